The van der Waals surface area contributed by atoms with Gasteiger partial charge in [0.2, 0.25) is 0 Å². The normalized spacial score (nSPS) is 18.2. The van der Waals surface area contributed by atoms with E-state index in [1.165, 1.54) is 5.57 Å². The van der Waals surface area contributed by atoms with E-state index in [9.17, 15) is 25.0 Å². The maximum absolute atomic E-state index is 12.2. The number of carbonyl (C=O) groups excluding carboxylic acids is 1. The summed E-state index contributed by atoms with van der Waals surface area (Å²) in [4.78, 5) is 32.4. The lowest BCUT2D eigenvalue weighted by atomic mass is 9.82. The van der Waals surface area contributed by atoms with Crippen LogP contribution in [0.2, 0.25) is 0 Å². The number of nitrogens with zero attached hydrogens (tertiary/aromatic N) is 2. The molecule has 0 fully saturated rings. The van der Waals surface area contributed by atoms with E-state index in [4.69, 9.17) is 4.74 Å². The molecule has 2 atom stereocenters. The van der Waals surface area contributed by atoms with Gasteiger partial charge in [0.1, 0.15) is 0 Å². The fourth-order valence-electron chi connectivity index (χ4n) is 2.85. The molecule has 1 aliphatic carbocycles. The van der Waals surface area contributed by atoms with Crippen LogP contribution >= 0.6 is 0 Å². The molecule has 0 saturated carbocycles. The fourth-order valence-corrected chi connectivity index (χ4v) is 2.85. The number of allylic oxidation sites excluding steroid dienone is 2. The summed E-state index contributed by atoms with van der Waals surface area (Å²) in [7, 11) is 0. The first-order chi connectivity index (χ1) is 11.8. The van der Waals surface area contributed by atoms with Gasteiger partial charge >= 0.3 is 5.97 Å². The number of hydrogen-bond acceptors (Lipinski definition) is 6. The molecule has 25 heavy (non-hydrogen) atoms. The van der Waals surface area contributed by atoms with Crippen LogP contribution in [-0.2, 0) is 4.74 Å². The monoisotopic (exact) mass is 348 g/mol. The summed E-state index contributed by atoms with van der Waals surface area (Å²) in [5.41, 5.74) is 0.154. The fraction of sp³-hybridized carbons (Fsp3) is 0.471. The lowest BCUT2D eigenvalue weighted by molar-refractivity contribution is -0.394. The molecule has 0 saturated heterocycles. The molecule has 134 valence electrons. The zero-order valence-corrected chi connectivity index (χ0v) is 14.1. The number of carbonyl (C=O) groups is 1. The molecule has 1 aromatic rings. The minimum Gasteiger partial charge on any atom is -0.462 e. The van der Waals surface area contributed by atoms with Crippen molar-refractivity contribution in [2.24, 2.45) is 11.8 Å². The first kappa shape index (κ1) is 18.6. The highest BCUT2D eigenvalue weighted by Gasteiger charge is 2.23. The molecule has 1 aromatic carbocycles. The van der Waals surface area contributed by atoms with Crippen LogP contribution in [0.1, 0.15) is 43.5 Å². The van der Waals surface area contributed by atoms with Crippen molar-refractivity contribution in [2.75, 3.05) is 6.61 Å². The number of rotatable bonds is 6. The number of ether oxygens (including phenoxy) is 1. The Kier molecular flexibility index (Phi) is 5.84. The molecule has 0 heterocycles. The summed E-state index contributed by atoms with van der Waals surface area (Å²) in [5, 5.41) is 21.8. The molecule has 8 nitrogen and oxygen atoms in total. The molecule has 0 bridgehead atoms. The second-order valence-electron chi connectivity index (χ2n) is 6.41. The van der Waals surface area contributed by atoms with Crippen molar-refractivity contribution in [2.45, 2.75) is 33.1 Å². The minimum atomic E-state index is -0.791. The van der Waals surface area contributed by atoms with Crippen molar-refractivity contribution in [3.63, 3.8) is 0 Å². The van der Waals surface area contributed by atoms with E-state index in [1.807, 2.05) is 6.92 Å². The van der Waals surface area contributed by atoms with Gasteiger partial charge in [-0.2, -0.15) is 0 Å². The molecule has 0 aromatic heterocycles. The average Bonchev–Trinajstić information content (AvgIpc) is 2.59. The highest BCUT2D eigenvalue weighted by Crippen LogP contribution is 2.29. The van der Waals surface area contributed by atoms with Gasteiger partial charge < -0.3 is 4.74 Å². The third-order valence-corrected chi connectivity index (χ3v) is 4.52. The van der Waals surface area contributed by atoms with Gasteiger partial charge in [-0.05, 0) is 38.0 Å². The Balaban J connectivity index is 2.05. The quantitative estimate of drug-likeness (QED) is 0.332. The Bertz CT molecular complexity index is 696. The van der Waals surface area contributed by atoms with Crippen molar-refractivity contribution in [1.29, 1.82) is 0 Å². The van der Waals surface area contributed by atoms with Crippen LogP contribution < -0.4 is 0 Å². The molecule has 0 spiro atoms. The summed E-state index contributed by atoms with van der Waals surface area (Å²) in [6.07, 6.45) is 5.19. The van der Waals surface area contributed by atoms with Crippen molar-refractivity contribution < 1.29 is 19.4 Å². The van der Waals surface area contributed by atoms with Gasteiger partial charge in [-0.1, -0.05) is 18.6 Å². The van der Waals surface area contributed by atoms with Gasteiger partial charge in [-0.3, -0.25) is 20.2 Å². The van der Waals surface area contributed by atoms with E-state index in [-0.39, 0.29) is 18.1 Å². The van der Waals surface area contributed by atoms with Crippen molar-refractivity contribution in [3.05, 3.63) is 55.6 Å². The maximum atomic E-state index is 12.2. The van der Waals surface area contributed by atoms with Gasteiger partial charge in [0.05, 0.1) is 28.1 Å². The van der Waals surface area contributed by atoms with E-state index in [0.717, 1.165) is 37.5 Å². The number of benzene rings is 1. The molecular weight excluding hydrogens is 328 g/mol. The molecule has 0 unspecified atom stereocenters. The maximum Gasteiger partial charge on any atom is 0.338 e. The molecule has 1 aliphatic rings. The van der Waals surface area contributed by atoms with E-state index in [0.29, 0.717) is 5.92 Å². The van der Waals surface area contributed by atoms with E-state index < -0.39 is 27.2 Å². The van der Waals surface area contributed by atoms with Gasteiger partial charge in [0.15, 0.2) is 0 Å². The van der Waals surface area contributed by atoms with Crippen LogP contribution in [0.5, 0.6) is 0 Å². The first-order valence-corrected chi connectivity index (χ1v) is 8.04. The molecule has 0 aliphatic heterocycles. The summed E-state index contributed by atoms with van der Waals surface area (Å²) in [6, 6.07) is 2.80. The highest BCUT2D eigenvalue weighted by atomic mass is 16.6. The van der Waals surface area contributed by atoms with Gasteiger partial charge in [0, 0.05) is 12.1 Å². The molecule has 0 N–H and O–H groups in total. The van der Waals surface area contributed by atoms with E-state index in [1.54, 1.807) is 0 Å². The summed E-state index contributed by atoms with van der Waals surface area (Å²) < 4.78 is 5.23. The van der Waals surface area contributed by atoms with Gasteiger partial charge in [-0.25, -0.2) is 4.79 Å². The van der Waals surface area contributed by atoms with Crippen LogP contribution in [0.3, 0.4) is 0 Å². The number of non-ortho nitro benzene ring substituents is 2. The highest BCUT2D eigenvalue weighted by molar-refractivity contribution is 5.91. The number of nitro groups is 2. The smallest absolute Gasteiger partial charge is 0.338 e. The van der Waals surface area contributed by atoms with Crippen LogP contribution in [-0.4, -0.2) is 22.4 Å². The van der Waals surface area contributed by atoms with Crippen LogP contribution in [0.15, 0.2) is 29.8 Å². The Hall–Kier alpha value is -2.77. The summed E-state index contributed by atoms with van der Waals surface area (Å²) >= 11 is 0. The van der Waals surface area contributed by atoms with Crippen LogP contribution in [0.4, 0.5) is 11.4 Å². The van der Waals surface area contributed by atoms with Gasteiger partial charge in [-0.15, -0.1) is 0 Å². The number of hydrogen-bond donors (Lipinski definition) is 0. The molecule has 0 amide bonds. The van der Waals surface area contributed by atoms with Crippen LogP contribution in [0, 0.1) is 32.1 Å². The third kappa shape index (κ3) is 4.85. The zero-order chi connectivity index (χ0) is 18.6. The molecule has 2 rings (SSSR count). The van der Waals surface area contributed by atoms with Crippen molar-refractivity contribution in [3.8, 4) is 0 Å². The summed E-state index contributed by atoms with van der Waals surface area (Å²) in [5.74, 6) is -0.237. The minimum absolute atomic E-state index is 0.141. The van der Waals surface area contributed by atoms with Gasteiger partial charge in [0.25, 0.3) is 11.4 Å². The SMILES string of the molecule is CC1=CC[C@@H]([C@H](C)COC(=O)c2cc([N+](=O)[O-])cc([N+](=O)[O-])c2)CC1. The van der Waals surface area contributed by atoms with Crippen molar-refractivity contribution >= 4 is 17.3 Å². The third-order valence-electron chi connectivity index (χ3n) is 4.52. The lowest BCUT2D eigenvalue weighted by Crippen LogP contribution is -2.21. The summed E-state index contributed by atoms with van der Waals surface area (Å²) in [6.45, 7) is 4.26. The second kappa shape index (κ2) is 7.87. The predicted molar refractivity (Wildman–Crippen MR) is 90.3 cm³/mol. The Morgan fingerprint density at radius 2 is 1.84 bits per heavy atom. The van der Waals surface area contributed by atoms with E-state index in [2.05, 4.69) is 13.0 Å². The van der Waals surface area contributed by atoms with Crippen LogP contribution in [0.25, 0.3) is 0 Å². The molecule has 8 heteroatoms. The Morgan fingerprint density at radius 3 is 2.32 bits per heavy atom. The second-order valence-corrected chi connectivity index (χ2v) is 6.41. The largest absolute Gasteiger partial charge is 0.462 e. The predicted octanol–water partition coefficient (Wildman–Crippen LogP) is 4.04. The average molecular weight is 348 g/mol. The number of nitro benzene ring substituents is 2. The zero-order valence-electron chi connectivity index (χ0n) is 14.1. The Labute approximate surface area is 144 Å². The molecule has 0 radical (unpaired) electrons. The Morgan fingerprint density at radius 1 is 1.24 bits per heavy atom. The standard InChI is InChI=1S/C17H20N2O6/c1-11-3-5-13(6-4-11)12(2)10-25-17(20)14-7-15(18(21)22)9-16(8-14)19(23)24/h3,7-9,12-13H,4-6,10H2,1-2H3/t12-,13-/m1/s1. The molecular formula is C17H20N2O6. The first-order valence-electron chi connectivity index (χ1n) is 8.04. The van der Waals surface area contributed by atoms with E-state index >= 15 is 0 Å². The van der Waals surface area contributed by atoms with Crippen molar-refractivity contribution in [1.82, 2.24) is 0 Å². The topological polar surface area (TPSA) is 113 Å². The lowest BCUT2D eigenvalue weighted by Gasteiger charge is -2.26. The number of esters is 1.